The Morgan fingerprint density at radius 2 is 0.953 bits per heavy atom. The molecule has 86 heavy (non-hydrogen) atoms. The van der Waals surface area contributed by atoms with E-state index in [1.807, 2.05) is 75.4 Å². The summed E-state index contributed by atoms with van der Waals surface area (Å²) in [4.78, 5) is 18.7. The molecule has 0 radical (unpaired) electrons. The van der Waals surface area contributed by atoms with Gasteiger partial charge in [-0.1, -0.05) is 109 Å². The van der Waals surface area contributed by atoms with E-state index in [1.54, 1.807) is 21.3 Å². The first kappa shape index (κ1) is 70.1. The van der Waals surface area contributed by atoms with Crippen molar-refractivity contribution in [3.63, 3.8) is 0 Å². The van der Waals surface area contributed by atoms with Crippen LogP contribution in [0.2, 0.25) is 0 Å². The van der Waals surface area contributed by atoms with Gasteiger partial charge >= 0.3 is 5.97 Å². The van der Waals surface area contributed by atoms with Crippen molar-refractivity contribution in [1.82, 2.24) is 5.32 Å². The third-order valence-corrected chi connectivity index (χ3v) is 19.3. The normalized spacial score (nSPS) is 43.8. The van der Waals surface area contributed by atoms with Crippen molar-refractivity contribution in [1.29, 1.82) is 0 Å². The minimum Gasteiger partial charge on any atom is -0.463 e. The highest BCUT2D eigenvalue weighted by Gasteiger charge is 2.56. The van der Waals surface area contributed by atoms with Gasteiger partial charge in [0.25, 0.3) is 0 Å². The van der Waals surface area contributed by atoms with Crippen LogP contribution in [-0.2, 0) is 87.0 Å². The molecule has 0 saturated carbocycles. The lowest BCUT2D eigenvalue weighted by molar-refractivity contribution is -0.366. The first-order valence-electron chi connectivity index (χ1n) is 31.6. The van der Waals surface area contributed by atoms with Gasteiger partial charge in [0, 0.05) is 74.3 Å². The highest BCUT2D eigenvalue weighted by atomic mass is 16.8. The summed E-state index contributed by atoms with van der Waals surface area (Å²) in [5.74, 6) is -2.25. The van der Waals surface area contributed by atoms with Crippen molar-refractivity contribution in [3.8, 4) is 0 Å². The average molecular weight is 1220 g/mol. The number of esters is 1. The monoisotopic (exact) mass is 1220 g/mol. The average Bonchev–Trinajstić information content (AvgIpc) is 2.40. The molecule has 30 atom stereocenters. The maximum absolute atomic E-state index is 12.2. The quantitative estimate of drug-likeness (QED) is 0.0282. The summed E-state index contributed by atoms with van der Waals surface area (Å²) in [5, 5.41) is 11.9. The molecule has 488 valence electrons. The fourth-order valence-electron chi connectivity index (χ4n) is 14.0. The fraction of sp³-hybridized carbons (Fsp3) is 0.887. The predicted octanol–water partition coefficient (Wildman–Crippen LogP) is 9.58. The number of methoxy groups -OCH3 is 3. The van der Waals surface area contributed by atoms with Crippen LogP contribution < -0.4 is 5.32 Å². The summed E-state index contributed by atoms with van der Waals surface area (Å²) < 4.78 is 105. The number of aryl methyl sites for hydroxylation is 1. The van der Waals surface area contributed by atoms with Crippen molar-refractivity contribution in [2.24, 2.45) is 51.7 Å². The minimum absolute atomic E-state index is 0.0124. The lowest BCUT2D eigenvalue weighted by Gasteiger charge is -2.52. The van der Waals surface area contributed by atoms with Crippen LogP contribution in [0, 0.1) is 41.4 Å². The summed E-state index contributed by atoms with van der Waals surface area (Å²) >= 11 is 0. The Balaban J connectivity index is 0.983. The predicted molar refractivity (Wildman–Crippen MR) is 316 cm³/mol. The highest BCUT2D eigenvalue weighted by molar-refractivity contribution is 5.65. The number of nitrogens with zero attached hydrogens (tertiary/aromatic N) is 6. The number of ether oxygens (including phenoxy) is 16. The number of carbonyl (C=O) groups excluding carboxylic acids is 1. The van der Waals surface area contributed by atoms with Crippen LogP contribution in [0.25, 0.3) is 20.9 Å². The van der Waals surface area contributed by atoms with E-state index in [4.69, 9.17) is 75.8 Å². The molecule has 6 aliphatic heterocycles. The molecule has 6 heterocycles. The maximum Gasteiger partial charge on any atom is 0.302 e. The maximum atomic E-state index is 12.2. The molecule has 0 bridgehead atoms. The van der Waals surface area contributed by atoms with Crippen molar-refractivity contribution in [2.45, 2.75) is 270 Å². The number of likely N-dealkylation sites (N-methyl/N-ethyl adjacent to an activating group) is 1. The van der Waals surface area contributed by atoms with E-state index in [0.717, 1.165) is 25.7 Å². The number of hydrogen-bond acceptors (Lipinski definition) is 20. The van der Waals surface area contributed by atoms with Crippen LogP contribution >= 0.6 is 0 Å². The molecule has 1 aromatic carbocycles. The summed E-state index contributed by atoms with van der Waals surface area (Å²) in [7, 11) is 6.84. The van der Waals surface area contributed by atoms with Gasteiger partial charge in [0.05, 0.1) is 85.3 Å². The van der Waals surface area contributed by atoms with Gasteiger partial charge < -0.3 is 81.1 Å². The van der Waals surface area contributed by atoms with E-state index in [1.165, 1.54) is 12.5 Å². The smallest absolute Gasteiger partial charge is 0.302 e. The number of unbranched alkanes of at least 4 members (excludes halogenated alkanes) is 2. The third-order valence-electron chi connectivity index (χ3n) is 19.3. The van der Waals surface area contributed by atoms with Crippen molar-refractivity contribution < 1.29 is 80.6 Å². The molecule has 24 nitrogen and oxygen atoms in total. The molecule has 12 unspecified atom stereocenters. The van der Waals surface area contributed by atoms with Crippen LogP contribution in [0.5, 0.6) is 0 Å². The standard InChI is InChI=1S/C62H103N7O17/c1-18-43-50(32(4)46(65-14)60(79-43)74-29-25-21-24-28-42-26-22-20-23-27-42)82-58-36(8)53(72-16)55(39(11)77-58)85-61-47(66-68-63)33(5)51(44(19-2)80-61)83-59-37(9)54(73-17)56(40(12)78-59)86-62-48(67-69-64)34(6)52(45(81-62)30-75-41(13)70)84-57-35(7)49(71-15)31(3)38(10)76-57/h20,22-23,26-27,31-40,43-62,65H,18-19,21,24-25,28-30H2,1-17H3/t31-,32-,33-,34-,35+,36+,37+,38?,39?,40?,43?,44?,45?,46?,47?,48?,49?,50+,51+,52+,53?,54?,55-,56+,57+,58+,59+,60-,61-,62-/m1/s1. The molecule has 0 aromatic heterocycles. The molecule has 24 heteroatoms. The Hall–Kier alpha value is -3.33. The Labute approximate surface area is 510 Å². The van der Waals surface area contributed by atoms with Crippen LogP contribution in [0.1, 0.15) is 128 Å². The molecule has 0 amide bonds. The summed E-state index contributed by atoms with van der Waals surface area (Å²) in [6, 6.07) is 8.71. The van der Waals surface area contributed by atoms with Crippen molar-refractivity contribution in [2.75, 3.05) is 41.6 Å². The lowest BCUT2D eigenvalue weighted by Crippen LogP contribution is -2.63. The Kier molecular flexibility index (Phi) is 27.0. The zero-order valence-electron chi connectivity index (χ0n) is 54.0. The van der Waals surface area contributed by atoms with Crippen LogP contribution in [0.4, 0.5) is 0 Å². The van der Waals surface area contributed by atoms with Crippen molar-refractivity contribution >= 4 is 5.97 Å². The summed E-state index contributed by atoms with van der Waals surface area (Å²) in [6.07, 6.45) is -6.72. The topological polar surface area (TPSA) is 274 Å². The number of rotatable bonds is 27. The number of hydrogen-bond donors (Lipinski definition) is 1. The van der Waals surface area contributed by atoms with E-state index in [0.29, 0.717) is 19.4 Å². The minimum atomic E-state index is -1.14. The van der Waals surface area contributed by atoms with Gasteiger partial charge in [0.1, 0.15) is 24.9 Å². The van der Waals surface area contributed by atoms with E-state index in [-0.39, 0.29) is 60.7 Å². The molecule has 0 spiro atoms. The second-order valence-corrected chi connectivity index (χ2v) is 24.9. The van der Waals surface area contributed by atoms with Gasteiger partial charge in [0.2, 0.25) is 0 Å². The van der Waals surface area contributed by atoms with Gasteiger partial charge in [-0.25, -0.2) is 0 Å². The van der Waals surface area contributed by atoms with E-state index >= 15 is 0 Å². The second kappa shape index (κ2) is 33.1. The molecule has 7 rings (SSSR count). The molecule has 1 N–H and O–H groups in total. The molecule has 6 aliphatic rings. The Morgan fingerprint density at radius 3 is 1.42 bits per heavy atom. The number of azide groups is 2. The Morgan fingerprint density at radius 1 is 0.512 bits per heavy atom. The SMILES string of the molecule is CCC1O[C@H](O[C@@H]2C(C)O[C@@H](O[C@@H]3C(CC)O[C@@H](OCCCCCc4ccccc4)C(NC)[C@H]3C)[C@@H](C)C2OC)C(N=[N+]=[N-])[C@@H](C)[C@@H]1O[C@@H]1OC(C)[C@H](O[C@H]2OC(COC(C)=O)[C@@H](O[C@@H]3OC(C)[C@@H](C)C(OC)[C@@H]3C)[C@H](C)C2N=[N+]=[N-])C(OC)[C@@H]1C. The molecule has 1 aromatic rings. The second-order valence-electron chi connectivity index (χ2n) is 24.9. The van der Waals surface area contributed by atoms with Gasteiger partial charge in [-0.3, -0.25) is 4.79 Å². The number of carbonyl (C=O) groups is 1. The highest BCUT2D eigenvalue weighted by Crippen LogP contribution is 2.44. The van der Waals surface area contributed by atoms with Crippen LogP contribution in [0.3, 0.4) is 0 Å². The van der Waals surface area contributed by atoms with Gasteiger partial charge in [0.15, 0.2) is 37.7 Å². The number of nitrogens with one attached hydrogen (secondary N) is 1. The number of benzene rings is 1. The molecule has 0 aliphatic carbocycles. The fourth-order valence-corrected chi connectivity index (χ4v) is 14.0. The first-order chi connectivity index (χ1) is 41.3. The van der Waals surface area contributed by atoms with E-state index in [2.05, 4.69) is 70.4 Å². The molecule has 6 saturated heterocycles. The zero-order valence-corrected chi connectivity index (χ0v) is 54.0. The lowest BCUT2D eigenvalue weighted by atomic mass is 9.85. The Bertz CT molecular complexity index is 2310. The van der Waals surface area contributed by atoms with Gasteiger partial charge in [-0.2, -0.15) is 0 Å². The zero-order chi connectivity index (χ0) is 62.5. The molecular formula is C62H103N7O17. The van der Waals surface area contributed by atoms with Crippen molar-refractivity contribution in [3.05, 3.63) is 56.8 Å². The summed E-state index contributed by atoms with van der Waals surface area (Å²) in [6.45, 7) is 25.7. The molecule has 6 fully saturated rings. The van der Waals surface area contributed by atoms with Crippen LogP contribution in [0.15, 0.2) is 40.6 Å². The third kappa shape index (κ3) is 16.4. The van der Waals surface area contributed by atoms with Gasteiger partial charge in [-0.05, 0) is 88.4 Å². The first-order valence-corrected chi connectivity index (χ1v) is 31.6. The van der Waals surface area contributed by atoms with Crippen LogP contribution in [-0.4, -0.2) is 189 Å². The van der Waals surface area contributed by atoms with E-state index < -0.39 is 135 Å². The molecular weight excluding hydrogens is 1110 g/mol. The van der Waals surface area contributed by atoms with Gasteiger partial charge in [-0.15, -0.1) is 0 Å². The summed E-state index contributed by atoms with van der Waals surface area (Å²) in [5.41, 5.74) is 21.4. The largest absolute Gasteiger partial charge is 0.463 e. The van der Waals surface area contributed by atoms with E-state index in [9.17, 15) is 15.9 Å².